The Morgan fingerprint density at radius 2 is 2.10 bits per heavy atom. The molecule has 13 heteroatoms. The molecule has 1 fully saturated rings. The van der Waals surface area contributed by atoms with Crippen LogP contribution in [0.15, 0.2) is 41.5 Å². The standard InChI is InChI=1S/C28H34FN7O5/c1-35(2)23(37)12-5-4-10-20(32-28(40)41-3)26(38)31-21-11-7-13-36(27(21)39)16-22-33-24-18(14-17-8-6-9-17)19(29)15-30-25(24)34-22/h5,7,11-13,15,17,20H,4,6,8-10,14,16H2,1-3H3,(H,31,38)(H,32,40)(H,30,33,34)/b12-5+/t20-/m0/s1. The van der Waals surface area contributed by atoms with Crippen LogP contribution in [0.2, 0.25) is 0 Å². The lowest BCUT2D eigenvalue weighted by Gasteiger charge is -2.25. The maximum absolute atomic E-state index is 14.6. The molecule has 0 unspecified atom stereocenters. The normalized spacial score (nSPS) is 14.0. The lowest BCUT2D eigenvalue weighted by molar-refractivity contribution is -0.123. The summed E-state index contributed by atoms with van der Waals surface area (Å²) in [5.41, 5.74) is 0.965. The van der Waals surface area contributed by atoms with Crippen LogP contribution >= 0.6 is 0 Å². The van der Waals surface area contributed by atoms with Crippen molar-refractivity contribution in [3.8, 4) is 0 Å². The predicted octanol–water partition coefficient (Wildman–Crippen LogP) is 2.74. The zero-order valence-electron chi connectivity index (χ0n) is 23.3. The second-order valence-corrected chi connectivity index (χ2v) is 10.2. The predicted molar refractivity (Wildman–Crippen MR) is 150 cm³/mol. The zero-order chi connectivity index (χ0) is 29.5. The van der Waals surface area contributed by atoms with E-state index in [-0.39, 0.29) is 30.4 Å². The van der Waals surface area contributed by atoms with E-state index in [0.717, 1.165) is 19.3 Å². The summed E-state index contributed by atoms with van der Waals surface area (Å²) in [5.74, 6) is -0.351. The number of pyridine rings is 2. The quantitative estimate of drug-likeness (QED) is 0.301. The third-order valence-corrected chi connectivity index (χ3v) is 7.06. The van der Waals surface area contributed by atoms with Crippen molar-refractivity contribution in [2.45, 2.75) is 51.1 Å². The summed E-state index contributed by atoms with van der Waals surface area (Å²) < 4.78 is 20.6. The molecule has 41 heavy (non-hydrogen) atoms. The number of H-pyrrole nitrogens is 1. The Balaban J connectivity index is 1.48. The molecule has 0 aliphatic heterocycles. The van der Waals surface area contributed by atoms with Gasteiger partial charge in [0.05, 0.1) is 25.4 Å². The fourth-order valence-electron chi connectivity index (χ4n) is 4.49. The highest BCUT2D eigenvalue weighted by molar-refractivity contribution is 5.96. The number of nitrogens with zero attached hydrogens (tertiary/aromatic N) is 4. The Hall–Kier alpha value is -4.55. The van der Waals surface area contributed by atoms with E-state index in [9.17, 15) is 23.6 Å². The van der Waals surface area contributed by atoms with Crippen LogP contribution in [0.4, 0.5) is 14.9 Å². The fourth-order valence-corrected chi connectivity index (χ4v) is 4.49. The third kappa shape index (κ3) is 7.35. The van der Waals surface area contributed by atoms with Crippen molar-refractivity contribution in [2.75, 3.05) is 26.5 Å². The van der Waals surface area contributed by atoms with Crippen LogP contribution in [0.1, 0.15) is 43.5 Å². The molecule has 3 heterocycles. The van der Waals surface area contributed by atoms with Crippen molar-refractivity contribution in [1.82, 2.24) is 29.7 Å². The minimum atomic E-state index is -1.03. The molecule has 0 saturated heterocycles. The van der Waals surface area contributed by atoms with Gasteiger partial charge < -0.3 is 29.8 Å². The molecular formula is C28H34FN7O5. The Kier molecular flexibility index (Phi) is 9.48. The molecule has 0 bridgehead atoms. The van der Waals surface area contributed by atoms with Crippen molar-refractivity contribution in [2.24, 2.45) is 5.92 Å². The third-order valence-electron chi connectivity index (χ3n) is 7.06. The number of hydrogen-bond donors (Lipinski definition) is 3. The number of aromatic amines is 1. The number of methoxy groups -OCH3 is 1. The van der Waals surface area contributed by atoms with Gasteiger partial charge in [0.2, 0.25) is 11.8 Å². The number of aromatic nitrogens is 4. The topological polar surface area (TPSA) is 151 Å². The average Bonchev–Trinajstić information content (AvgIpc) is 3.33. The summed E-state index contributed by atoms with van der Waals surface area (Å²) in [6.07, 6.45) is 9.26. The van der Waals surface area contributed by atoms with Gasteiger partial charge in [-0.05, 0) is 43.4 Å². The van der Waals surface area contributed by atoms with Gasteiger partial charge in [0.15, 0.2) is 5.65 Å². The molecule has 0 radical (unpaired) electrons. The number of alkyl carbamates (subject to hydrolysis) is 1. The van der Waals surface area contributed by atoms with E-state index in [0.29, 0.717) is 41.3 Å². The number of nitrogens with one attached hydrogen (secondary N) is 3. The smallest absolute Gasteiger partial charge is 0.407 e. The highest BCUT2D eigenvalue weighted by atomic mass is 19.1. The van der Waals surface area contributed by atoms with E-state index in [1.165, 1.54) is 34.9 Å². The molecule has 3 amide bonds. The Morgan fingerprint density at radius 3 is 2.78 bits per heavy atom. The summed E-state index contributed by atoms with van der Waals surface area (Å²) in [4.78, 5) is 62.9. The lowest BCUT2D eigenvalue weighted by atomic mass is 9.81. The number of carbonyl (C=O) groups excluding carboxylic acids is 3. The summed E-state index contributed by atoms with van der Waals surface area (Å²) in [6, 6.07) is 2.02. The molecule has 0 aromatic carbocycles. The average molecular weight is 568 g/mol. The number of amides is 3. The molecule has 1 atom stereocenters. The summed E-state index contributed by atoms with van der Waals surface area (Å²) in [5, 5.41) is 5.03. The minimum absolute atomic E-state index is 0.00144. The molecule has 3 aromatic heterocycles. The van der Waals surface area contributed by atoms with Crippen molar-refractivity contribution < 1.29 is 23.5 Å². The van der Waals surface area contributed by atoms with Gasteiger partial charge in [-0.15, -0.1) is 0 Å². The maximum atomic E-state index is 14.6. The van der Waals surface area contributed by atoms with Gasteiger partial charge in [-0.25, -0.2) is 19.2 Å². The number of anilines is 1. The van der Waals surface area contributed by atoms with Crippen LogP contribution in [0.25, 0.3) is 11.2 Å². The van der Waals surface area contributed by atoms with E-state index in [2.05, 4.69) is 30.3 Å². The first-order valence-corrected chi connectivity index (χ1v) is 13.4. The van der Waals surface area contributed by atoms with Crippen LogP contribution in [-0.4, -0.2) is 69.6 Å². The fraction of sp³-hybridized carbons (Fsp3) is 0.429. The summed E-state index contributed by atoms with van der Waals surface area (Å²) in [6.45, 7) is 0.0396. The number of allylic oxidation sites excluding steroid dienone is 1. The van der Waals surface area contributed by atoms with E-state index >= 15 is 0 Å². The molecule has 12 nitrogen and oxygen atoms in total. The van der Waals surface area contributed by atoms with Crippen LogP contribution < -0.4 is 16.2 Å². The van der Waals surface area contributed by atoms with Crippen LogP contribution in [0.3, 0.4) is 0 Å². The molecule has 4 rings (SSSR count). The van der Waals surface area contributed by atoms with Crippen LogP contribution in [0.5, 0.6) is 0 Å². The first-order chi connectivity index (χ1) is 19.7. The van der Waals surface area contributed by atoms with Crippen LogP contribution in [-0.2, 0) is 27.3 Å². The molecule has 1 aliphatic carbocycles. The number of hydrogen-bond acceptors (Lipinski definition) is 7. The number of fused-ring (bicyclic) bond motifs is 1. The Morgan fingerprint density at radius 1 is 1.32 bits per heavy atom. The molecule has 0 spiro atoms. The molecule has 1 aliphatic rings. The first kappa shape index (κ1) is 29.4. The Labute approximate surface area is 236 Å². The minimum Gasteiger partial charge on any atom is -0.453 e. The maximum Gasteiger partial charge on any atom is 0.407 e. The van der Waals surface area contributed by atoms with Gasteiger partial charge in [-0.2, -0.15) is 0 Å². The number of halogens is 1. The van der Waals surface area contributed by atoms with Crippen molar-refractivity contribution in [3.05, 3.63) is 64.2 Å². The van der Waals surface area contributed by atoms with Gasteiger partial charge in [-0.1, -0.05) is 25.3 Å². The van der Waals surface area contributed by atoms with Gasteiger partial charge in [-0.3, -0.25) is 14.4 Å². The number of carbonyl (C=O) groups is 3. The molecule has 218 valence electrons. The molecular weight excluding hydrogens is 533 g/mol. The van der Waals surface area contributed by atoms with E-state index in [1.54, 1.807) is 32.4 Å². The van der Waals surface area contributed by atoms with E-state index < -0.39 is 23.6 Å². The SMILES string of the molecule is COC(=O)N[C@@H](CC/C=C/C(=O)N(C)C)C(=O)Nc1cccn(Cc2nc3ncc(F)c(CC4CCC4)c3[nH]2)c1=O. The second kappa shape index (κ2) is 13.2. The highest BCUT2D eigenvalue weighted by Gasteiger charge is 2.24. The second-order valence-electron chi connectivity index (χ2n) is 10.2. The molecule has 1 saturated carbocycles. The number of ether oxygens (including phenoxy) is 1. The van der Waals surface area contributed by atoms with Crippen molar-refractivity contribution in [3.63, 3.8) is 0 Å². The van der Waals surface area contributed by atoms with Gasteiger partial charge >= 0.3 is 6.09 Å². The summed E-state index contributed by atoms with van der Waals surface area (Å²) in [7, 11) is 4.41. The number of rotatable bonds is 11. The van der Waals surface area contributed by atoms with Gasteiger partial charge in [0.25, 0.3) is 5.56 Å². The molecule has 3 N–H and O–H groups in total. The zero-order valence-corrected chi connectivity index (χ0v) is 23.3. The highest BCUT2D eigenvalue weighted by Crippen LogP contribution is 2.32. The summed E-state index contributed by atoms with van der Waals surface area (Å²) >= 11 is 0. The van der Waals surface area contributed by atoms with E-state index in [4.69, 9.17) is 0 Å². The first-order valence-electron chi connectivity index (χ1n) is 13.4. The van der Waals surface area contributed by atoms with Gasteiger partial charge in [0.1, 0.15) is 23.4 Å². The van der Waals surface area contributed by atoms with Gasteiger partial charge in [0, 0.05) is 25.9 Å². The number of imidazole rings is 1. The largest absolute Gasteiger partial charge is 0.453 e. The van der Waals surface area contributed by atoms with Crippen molar-refractivity contribution >= 4 is 34.8 Å². The van der Waals surface area contributed by atoms with Crippen molar-refractivity contribution in [1.29, 1.82) is 0 Å². The van der Waals surface area contributed by atoms with Crippen LogP contribution in [0, 0.1) is 11.7 Å². The number of likely N-dealkylation sites (N-methyl/N-ethyl adjacent to an activating group) is 1. The monoisotopic (exact) mass is 567 g/mol. The van der Waals surface area contributed by atoms with E-state index in [1.807, 2.05) is 0 Å². The molecule has 3 aromatic rings. The lowest BCUT2D eigenvalue weighted by Crippen LogP contribution is -2.44. The Bertz CT molecular complexity index is 1510.